The minimum absolute atomic E-state index is 0.0755. The lowest BCUT2D eigenvalue weighted by atomic mass is 9.85. The van der Waals surface area contributed by atoms with Crippen LogP contribution in [0.4, 0.5) is 4.79 Å². The number of carbonyl (C=O) groups is 1. The van der Waals surface area contributed by atoms with Crippen LogP contribution < -0.4 is 16.0 Å². The highest BCUT2D eigenvalue weighted by Gasteiger charge is 2.45. The van der Waals surface area contributed by atoms with Crippen LogP contribution in [0.25, 0.3) is 0 Å². The molecule has 1 spiro atoms. The molecule has 0 bridgehead atoms. The summed E-state index contributed by atoms with van der Waals surface area (Å²) in [5.41, 5.74) is -0.125. The molecule has 2 amide bonds. The molecule has 5 nitrogen and oxygen atoms in total. The maximum Gasteiger partial charge on any atom is 0.315 e. The number of nitrogens with one attached hydrogen (secondary N) is 3. The highest BCUT2D eigenvalue weighted by molar-refractivity contribution is 5.74. The second-order valence-electron chi connectivity index (χ2n) is 5.28. The van der Waals surface area contributed by atoms with Crippen LogP contribution in [0.1, 0.15) is 33.1 Å². The third-order valence-corrected chi connectivity index (χ3v) is 3.61. The molecule has 0 aromatic carbocycles. The first-order chi connectivity index (χ1) is 8.12. The van der Waals surface area contributed by atoms with E-state index in [1.165, 1.54) is 0 Å². The SMILES string of the molecule is CC(C)NC(=O)NC1CCOC12CCNCC2. The van der Waals surface area contributed by atoms with Crippen molar-refractivity contribution in [2.24, 2.45) is 0 Å². The minimum atomic E-state index is -0.125. The van der Waals surface area contributed by atoms with Gasteiger partial charge in [0.2, 0.25) is 0 Å². The van der Waals surface area contributed by atoms with Crippen molar-refractivity contribution in [3.8, 4) is 0 Å². The molecule has 5 heteroatoms. The fourth-order valence-electron chi connectivity index (χ4n) is 2.75. The molecule has 2 aliphatic heterocycles. The van der Waals surface area contributed by atoms with Crippen LogP contribution in [0.3, 0.4) is 0 Å². The predicted molar refractivity (Wildman–Crippen MR) is 66.0 cm³/mol. The lowest BCUT2D eigenvalue weighted by Crippen LogP contribution is -2.57. The highest BCUT2D eigenvalue weighted by Crippen LogP contribution is 2.34. The Morgan fingerprint density at radius 2 is 2.12 bits per heavy atom. The molecule has 0 saturated carbocycles. The van der Waals surface area contributed by atoms with E-state index in [0.29, 0.717) is 0 Å². The van der Waals surface area contributed by atoms with Gasteiger partial charge in [0, 0.05) is 12.6 Å². The normalized spacial score (nSPS) is 27.4. The highest BCUT2D eigenvalue weighted by atomic mass is 16.5. The van der Waals surface area contributed by atoms with Crippen molar-refractivity contribution < 1.29 is 9.53 Å². The molecule has 2 saturated heterocycles. The van der Waals surface area contributed by atoms with Crippen molar-refractivity contribution in [3.05, 3.63) is 0 Å². The average molecular weight is 241 g/mol. The summed E-state index contributed by atoms with van der Waals surface area (Å²) in [4.78, 5) is 11.7. The molecule has 0 aromatic rings. The molecule has 0 aromatic heterocycles. The van der Waals surface area contributed by atoms with E-state index in [9.17, 15) is 4.79 Å². The van der Waals surface area contributed by atoms with Crippen LogP contribution >= 0.6 is 0 Å². The molecule has 2 rings (SSSR count). The van der Waals surface area contributed by atoms with E-state index in [-0.39, 0.29) is 23.7 Å². The summed E-state index contributed by atoms with van der Waals surface area (Å²) < 4.78 is 5.92. The zero-order valence-electron chi connectivity index (χ0n) is 10.7. The summed E-state index contributed by atoms with van der Waals surface area (Å²) >= 11 is 0. The summed E-state index contributed by atoms with van der Waals surface area (Å²) in [6, 6.07) is 0.248. The van der Waals surface area contributed by atoms with E-state index < -0.39 is 0 Å². The molecule has 1 unspecified atom stereocenters. The lowest BCUT2D eigenvalue weighted by Gasteiger charge is -2.38. The molecule has 98 valence electrons. The van der Waals surface area contributed by atoms with Gasteiger partial charge in [-0.05, 0) is 46.2 Å². The number of urea groups is 1. The van der Waals surface area contributed by atoms with Gasteiger partial charge in [-0.1, -0.05) is 0 Å². The summed E-state index contributed by atoms with van der Waals surface area (Å²) in [5.74, 6) is 0. The third-order valence-electron chi connectivity index (χ3n) is 3.61. The van der Waals surface area contributed by atoms with Crippen molar-refractivity contribution in [2.45, 2.75) is 50.8 Å². The van der Waals surface area contributed by atoms with Gasteiger partial charge in [0.1, 0.15) is 0 Å². The Balaban J connectivity index is 1.92. The van der Waals surface area contributed by atoms with Gasteiger partial charge in [-0.2, -0.15) is 0 Å². The van der Waals surface area contributed by atoms with Crippen LogP contribution in [0.2, 0.25) is 0 Å². The standard InChI is InChI=1S/C12H23N3O2/c1-9(2)14-11(16)15-10-3-8-17-12(10)4-6-13-7-5-12/h9-10,13H,3-8H2,1-2H3,(H2,14,15,16). The first-order valence-corrected chi connectivity index (χ1v) is 6.54. The van der Waals surface area contributed by atoms with Crippen molar-refractivity contribution >= 4 is 6.03 Å². The van der Waals surface area contributed by atoms with Crippen LogP contribution in [0.5, 0.6) is 0 Å². The quantitative estimate of drug-likeness (QED) is 0.663. The first-order valence-electron chi connectivity index (χ1n) is 6.54. The Morgan fingerprint density at radius 1 is 1.41 bits per heavy atom. The average Bonchev–Trinajstić information content (AvgIpc) is 2.61. The fraction of sp³-hybridized carbons (Fsp3) is 0.917. The monoisotopic (exact) mass is 241 g/mol. The van der Waals surface area contributed by atoms with Gasteiger partial charge in [0.25, 0.3) is 0 Å². The minimum Gasteiger partial charge on any atom is -0.373 e. The van der Waals surface area contributed by atoms with E-state index in [4.69, 9.17) is 4.74 Å². The fourth-order valence-corrected chi connectivity index (χ4v) is 2.75. The maximum absolute atomic E-state index is 11.7. The molecule has 0 aliphatic carbocycles. The van der Waals surface area contributed by atoms with E-state index in [1.54, 1.807) is 0 Å². The molecule has 2 aliphatic rings. The van der Waals surface area contributed by atoms with Crippen molar-refractivity contribution in [2.75, 3.05) is 19.7 Å². The number of piperidine rings is 1. The molecular formula is C12H23N3O2. The second kappa shape index (κ2) is 5.23. The molecule has 3 N–H and O–H groups in total. The Morgan fingerprint density at radius 3 is 2.76 bits per heavy atom. The van der Waals surface area contributed by atoms with Gasteiger partial charge >= 0.3 is 6.03 Å². The van der Waals surface area contributed by atoms with Gasteiger partial charge < -0.3 is 20.7 Å². The Bertz CT molecular complexity index is 275. The van der Waals surface area contributed by atoms with Gasteiger partial charge in [-0.15, -0.1) is 0 Å². The summed E-state index contributed by atoms with van der Waals surface area (Å²) in [5, 5.41) is 9.27. The van der Waals surface area contributed by atoms with Crippen LogP contribution in [-0.2, 0) is 4.74 Å². The zero-order chi connectivity index (χ0) is 12.3. The summed E-state index contributed by atoms with van der Waals surface area (Å²) in [6.45, 7) is 6.64. The summed E-state index contributed by atoms with van der Waals surface area (Å²) in [6.07, 6.45) is 2.89. The number of rotatable bonds is 2. The molecule has 2 heterocycles. The Kier molecular flexibility index (Phi) is 3.89. The third kappa shape index (κ3) is 2.90. The van der Waals surface area contributed by atoms with Gasteiger partial charge in [0.15, 0.2) is 0 Å². The van der Waals surface area contributed by atoms with E-state index >= 15 is 0 Å². The molecule has 1 atom stereocenters. The number of ether oxygens (including phenoxy) is 1. The number of carbonyl (C=O) groups excluding carboxylic acids is 1. The number of hydrogen-bond donors (Lipinski definition) is 3. The van der Waals surface area contributed by atoms with Crippen LogP contribution in [0.15, 0.2) is 0 Å². The number of amides is 2. The largest absolute Gasteiger partial charge is 0.373 e. The molecule has 0 radical (unpaired) electrons. The van der Waals surface area contributed by atoms with Gasteiger partial charge in [-0.3, -0.25) is 0 Å². The smallest absolute Gasteiger partial charge is 0.315 e. The van der Waals surface area contributed by atoms with Crippen LogP contribution in [0, 0.1) is 0 Å². The maximum atomic E-state index is 11.7. The predicted octanol–water partition coefficient (Wildman–Crippen LogP) is 0.605. The first kappa shape index (κ1) is 12.6. The second-order valence-corrected chi connectivity index (χ2v) is 5.28. The van der Waals surface area contributed by atoms with Gasteiger partial charge in [-0.25, -0.2) is 4.79 Å². The summed E-state index contributed by atoms with van der Waals surface area (Å²) in [7, 11) is 0. The van der Waals surface area contributed by atoms with Crippen LogP contribution in [-0.4, -0.2) is 43.4 Å². The molecular weight excluding hydrogens is 218 g/mol. The van der Waals surface area contributed by atoms with Crippen molar-refractivity contribution in [1.29, 1.82) is 0 Å². The van der Waals surface area contributed by atoms with Crippen molar-refractivity contribution in [1.82, 2.24) is 16.0 Å². The molecule has 17 heavy (non-hydrogen) atoms. The van der Waals surface area contributed by atoms with E-state index in [1.807, 2.05) is 13.8 Å². The Labute approximate surface area is 103 Å². The number of hydrogen-bond acceptors (Lipinski definition) is 3. The zero-order valence-corrected chi connectivity index (χ0v) is 10.7. The molecule has 2 fully saturated rings. The Hall–Kier alpha value is -0.810. The topological polar surface area (TPSA) is 62.4 Å². The van der Waals surface area contributed by atoms with Gasteiger partial charge in [0.05, 0.1) is 11.6 Å². The van der Waals surface area contributed by atoms with Crippen molar-refractivity contribution in [3.63, 3.8) is 0 Å². The van der Waals surface area contributed by atoms with E-state index in [2.05, 4.69) is 16.0 Å². The van der Waals surface area contributed by atoms with E-state index in [0.717, 1.165) is 39.0 Å². The lowest BCUT2D eigenvalue weighted by molar-refractivity contribution is -0.0316.